The summed E-state index contributed by atoms with van der Waals surface area (Å²) >= 11 is 0. The molecule has 5 N–H and O–H groups in total. The first-order chi connectivity index (χ1) is 12.6. The topological polar surface area (TPSA) is 116 Å². The van der Waals surface area contributed by atoms with Crippen LogP contribution in [0.3, 0.4) is 0 Å². The molecule has 2 aromatic rings. The number of rotatable bonds is 9. The number of nitrogens with two attached hydrogens (primary N) is 2. The van der Waals surface area contributed by atoms with Crippen molar-refractivity contribution in [3.8, 4) is 17.0 Å². The minimum Gasteiger partial charge on any atom is -0.494 e. The Morgan fingerprint density at radius 1 is 1.12 bits per heavy atom. The summed E-state index contributed by atoms with van der Waals surface area (Å²) in [5.41, 5.74) is 9.85. The maximum atomic E-state index is 12.1. The summed E-state index contributed by atoms with van der Waals surface area (Å²) in [5.74, 6) is 5.72. The lowest BCUT2D eigenvalue weighted by Gasteiger charge is -2.12. The fourth-order valence-corrected chi connectivity index (χ4v) is 2.75. The van der Waals surface area contributed by atoms with Gasteiger partial charge in [-0.15, -0.1) is 0 Å². The minimum absolute atomic E-state index is 0.110. The molecule has 0 saturated carbocycles. The summed E-state index contributed by atoms with van der Waals surface area (Å²) in [7, 11) is 0. The van der Waals surface area contributed by atoms with Crippen LogP contribution in [0.15, 0.2) is 24.3 Å². The van der Waals surface area contributed by atoms with Gasteiger partial charge in [0.2, 0.25) is 5.95 Å². The van der Waals surface area contributed by atoms with E-state index in [1.165, 1.54) is 25.7 Å². The predicted octanol–water partition coefficient (Wildman–Crippen LogP) is 2.99. The zero-order valence-corrected chi connectivity index (χ0v) is 15.4. The molecule has 1 aromatic carbocycles. The van der Waals surface area contributed by atoms with Gasteiger partial charge in [0.05, 0.1) is 23.6 Å². The molecule has 1 aromatic heterocycles. The van der Waals surface area contributed by atoms with E-state index in [4.69, 9.17) is 16.3 Å². The molecule has 0 aliphatic heterocycles. The Balaban J connectivity index is 2.10. The lowest BCUT2D eigenvalue weighted by atomic mass is 10.0. The zero-order valence-electron chi connectivity index (χ0n) is 15.4. The number of nitrogen functional groups attached to an aromatic ring is 2. The Kier molecular flexibility index (Phi) is 7.35. The summed E-state index contributed by atoms with van der Waals surface area (Å²) in [6.07, 6.45) is 5.99. The van der Waals surface area contributed by atoms with Gasteiger partial charge in [0.1, 0.15) is 5.75 Å². The first-order valence-corrected chi connectivity index (χ1v) is 8.95. The number of nitrogens with zero attached hydrogens (tertiary/aromatic N) is 2. The maximum absolute atomic E-state index is 12.1. The fraction of sp³-hybridized carbons (Fsp3) is 0.421. The van der Waals surface area contributed by atoms with Crippen LogP contribution in [-0.2, 0) is 0 Å². The quantitative estimate of drug-likeness (QED) is 0.275. The van der Waals surface area contributed by atoms with E-state index in [0.29, 0.717) is 23.6 Å². The lowest BCUT2D eigenvalue weighted by molar-refractivity contribution is 0.0953. The lowest BCUT2D eigenvalue weighted by Crippen LogP contribution is -2.31. The Hall–Kier alpha value is -2.67. The van der Waals surface area contributed by atoms with Crippen LogP contribution in [0.1, 0.15) is 55.1 Å². The minimum atomic E-state index is -0.454. The Morgan fingerprint density at radius 2 is 1.81 bits per heavy atom. The molecule has 0 saturated heterocycles. The van der Waals surface area contributed by atoms with Crippen LogP contribution in [-0.4, -0.2) is 22.5 Å². The van der Waals surface area contributed by atoms with Crippen molar-refractivity contribution >= 4 is 11.9 Å². The molecular weight excluding hydrogens is 330 g/mol. The number of nitrogens with one attached hydrogen (secondary N) is 1. The fourth-order valence-electron chi connectivity index (χ4n) is 2.75. The van der Waals surface area contributed by atoms with Crippen LogP contribution in [0.2, 0.25) is 0 Å². The Labute approximate surface area is 154 Å². The van der Waals surface area contributed by atoms with E-state index < -0.39 is 5.91 Å². The van der Waals surface area contributed by atoms with E-state index in [1.807, 2.05) is 24.3 Å². The van der Waals surface area contributed by atoms with E-state index in [0.717, 1.165) is 17.7 Å². The van der Waals surface area contributed by atoms with Crippen molar-refractivity contribution < 1.29 is 9.53 Å². The van der Waals surface area contributed by atoms with E-state index in [9.17, 15) is 4.79 Å². The van der Waals surface area contributed by atoms with Crippen molar-refractivity contribution in [3.05, 3.63) is 35.5 Å². The van der Waals surface area contributed by atoms with Crippen LogP contribution < -0.4 is 21.7 Å². The predicted molar refractivity (Wildman–Crippen MR) is 103 cm³/mol. The van der Waals surface area contributed by atoms with Crippen molar-refractivity contribution in [1.82, 2.24) is 15.4 Å². The summed E-state index contributed by atoms with van der Waals surface area (Å²) in [6.45, 7) is 4.60. The molecule has 0 bridgehead atoms. The molecule has 2 rings (SSSR count). The van der Waals surface area contributed by atoms with E-state index >= 15 is 0 Å². The first kappa shape index (κ1) is 19.7. The number of aryl methyl sites for hydroxylation is 1. The van der Waals surface area contributed by atoms with Crippen LogP contribution in [0.25, 0.3) is 11.3 Å². The van der Waals surface area contributed by atoms with Crippen LogP contribution in [0.5, 0.6) is 5.75 Å². The highest BCUT2D eigenvalue weighted by Crippen LogP contribution is 2.26. The average Bonchev–Trinajstić information content (AvgIpc) is 2.64. The maximum Gasteiger partial charge on any atom is 0.269 e. The van der Waals surface area contributed by atoms with Gasteiger partial charge in [-0.25, -0.2) is 15.8 Å². The van der Waals surface area contributed by atoms with Gasteiger partial charge in [0.25, 0.3) is 5.91 Å². The molecule has 0 aliphatic rings. The molecule has 0 aliphatic carbocycles. The highest BCUT2D eigenvalue weighted by Gasteiger charge is 2.18. The van der Waals surface area contributed by atoms with Crippen LogP contribution in [0.4, 0.5) is 5.95 Å². The van der Waals surface area contributed by atoms with Gasteiger partial charge in [-0.3, -0.25) is 10.2 Å². The molecule has 0 spiro atoms. The largest absolute Gasteiger partial charge is 0.494 e. The molecular formula is C19H27N5O2. The van der Waals surface area contributed by atoms with Crippen molar-refractivity contribution in [3.63, 3.8) is 0 Å². The molecule has 140 valence electrons. The van der Waals surface area contributed by atoms with E-state index in [2.05, 4.69) is 22.3 Å². The number of hydrogen-bond acceptors (Lipinski definition) is 6. The van der Waals surface area contributed by atoms with Gasteiger partial charge in [-0.05, 0) is 37.6 Å². The second kappa shape index (κ2) is 9.72. The zero-order chi connectivity index (χ0) is 18.9. The second-order valence-electron chi connectivity index (χ2n) is 6.15. The van der Waals surface area contributed by atoms with Crippen molar-refractivity contribution in [1.29, 1.82) is 0 Å². The number of carbonyl (C=O) groups excluding carboxylic acids is 1. The number of carbonyl (C=O) groups is 1. The highest BCUT2D eigenvalue weighted by molar-refractivity contribution is 6.00. The smallest absolute Gasteiger partial charge is 0.269 e. The molecule has 0 radical (unpaired) electrons. The number of unbranched alkanes of at least 4 members (excludes halogenated alkanes) is 4. The molecule has 1 heterocycles. The van der Waals surface area contributed by atoms with Crippen molar-refractivity contribution in [2.24, 2.45) is 5.84 Å². The average molecular weight is 357 g/mol. The van der Waals surface area contributed by atoms with Gasteiger partial charge in [0.15, 0.2) is 0 Å². The highest BCUT2D eigenvalue weighted by atomic mass is 16.5. The molecule has 7 heteroatoms. The third-order valence-corrected chi connectivity index (χ3v) is 4.11. The third-order valence-electron chi connectivity index (χ3n) is 4.11. The third kappa shape index (κ3) is 5.16. The van der Waals surface area contributed by atoms with Crippen LogP contribution >= 0.6 is 0 Å². The molecule has 0 atom stereocenters. The van der Waals surface area contributed by atoms with Crippen molar-refractivity contribution in [2.45, 2.75) is 46.0 Å². The summed E-state index contributed by atoms with van der Waals surface area (Å²) in [6, 6.07) is 7.42. The number of aromatic nitrogens is 2. The number of amides is 1. The first-order valence-electron chi connectivity index (χ1n) is 8.95. The normalized spacial score (nSPS) is 10.6. The van der Waals surface area contributed by atoms with Gasteiger partial charge in [0, 0.05) is 5.56 Å². The number of benzene rings is 1. The second-order valence-corrected chi connectivity index (χ2v) is 6.15. The molecule has 1 amide bonds. The Morgan fingerprint density at radius 3 is 2.46 bits per heavy atom. The van der Waals surface area contributed by atoms with Gasteiger partial charge in [-0.1, -0.05) is 32.6 Å². The SMILES string of the molecule is CCCCCCCOc1ccc(-c2nc(N)nc(C)c2C(=O)NN)cc1. The molecule has 7 nitrogen and oxygen atoms in total. The van der Waals surface area contributed by atoms with Gasteiger partial charge in [-0.2, -0.15) is 0 Å². The van der Waals surface area contributed by atoms with Gasteiger partial charge >= 0.3 is 0 Å². The molecule has 0 fully saturated rings. The monoisotopic (exact) mass is 357 g/mol. The number of hydrogen-bond donors (Lipinski definition) is 3. The molecule has 0 unspecified atom stereocenters. The summed E-state index contributed by atoms with van der Waals surface area (Å²) < 4.78 is 5.77. The van der Waals surface area contributed by atoms with E-state index in [-0.39, 0.29) is 5.95 Å². The van der Waals surface area contributed by atoms with Crippen molar-refractivity contribution in [2.75, 3.05) is 12.3 Å². The van der Waals surface area contributed by atoms with Crippen LogP contribution in [0, 0.1) is 6.92 Å². The summed E-state index contributed by atoms with van der Waals surface area (Å²) in [4.78, 5) is 20.3. The number of ether oxygens (including phenoxy) is 1. The van der Waals surface area contributed by atoms with E-state index in [1.54, 1.807) is 6.92 Å². The summed E-state index contributed by atoms with van der Waals surface area (Å²) in [5, 5.41) is 0. The molecule has 26 heavy (non-hydrogen) atoms. The standard InChI is InChI=1S/C19H27N5O2/c1-3-4-5-6-7-12-26-15-10-8-14(9-11-15)17-16(18(25)24-21)13(2)22-19(20)23-17/h8-11H,3-7,12,21H2,1-2H3,(H,24,25)(H2,20,22,23). The van der Waals surface area contributed by atoms with Gasteiger partial charge < -0.3 is 10.5 Å². The Bertz CT molecular complexity index is 731. The number of hydrazine groups is 1. The number of anilines is 1.